The second-order valence-electron chi connectivity index (χ2n) is 3.61. The number of hydrogen-bond acceptors (Lipinski definition) is 3. The van der Waals surface area contributed by atoms with Crippen molar-refractivity contribution in [1.29, 1.82) is 0 Å². The number of amidine groups is 1. The summed E-state index contributed by atoms with van der Waals surface area (Å²) in [5.74, 6) is -0.619. The molecule has 0 spiro atoms. The number of nitrogens with two attached hydrogens (primary N) is 1. The minimum atomic E-state index is -0.459. The van der Waals surface area contributed by atoms with Gasteiger partial charge >= 0.3 is 0 Å². The summed E-state index contributed by atoms with van der Waals surface area (Å²) in [5, 5.41) is 15.6. The Morgan fingerprint density at radius 1 is 1.53 bits per heavy atom. The molecule has 5 nitrogen and oxygen atoms in total. The molecule has 0 saturated carbocycles. The lowest BCUT2D eigenvalue weighted by molar-refractivity contribution is 0.318. The summed E-state index contributed by atoms with van der Waals surface area (Å²) in [4.78, 5) is 0. The first kappa shape index (κ1) is 11.1. The van der Waals surface area contributed by atoms with Crippen LogP contribution in [0.25, 0.3) is 5.69 Å². The van der Waals surface area contributed by atoms with E-state index >= 15 is 0 Å². The number of hydrogen-bond donors (Lipinski definition) is 2. The Balaban J connectivity index is 2.61. The first-order chi connectivity index (χ1) is 8.11. The Kier molecular flexibility index (Phi) is 2.78. The normalized spacial score (nSPS) is 11.8. The van der Waals surface area contributed by atoms with Gasteiger partial charge < -0.3 is 10.9 Å². The van der Waals surface area contributed by atoms with Gasteiger partial charge in [0.25, 0.3) is 0 Å². The average molecular weight is 234 g/mol. The minimum Gasteiger partial charge on any atom is -0.409 e. The molecule has 0 fully saturated rings. The molecule has 0 saturated heterocycles. The van der Waals surface area contributed by atoms with Crippen LogP contribution in [-0.2, 0) is 0 Å². The molecule has 0 radical (unpaired) electrons. The zero-order valence-electron chi connectivity index (χ0n) is 9.13. The van der Waals surface area contributed by atoms with Crippen LogP contribution in [0.2, 0.25) is 0 Å². The standard InChI is InChI=1S/C11H11FN4O/c1-7-5-14-16(6-7)10-3-2-8(12)4-9(10)11(13)15-17/h2-6,17H,1H3,(H2,13,15). The van der Waals surface area contributed by atoms with E-state index in [2.05, 4.69) is 10.3 Å². The number of aryl methyl sites for hydroxylation is 1. The van der Waals surface area contributed by atoms with Gasteiger partial charge in [-0.05, 0) is 30.7 Å². The van der Waals surface area contributed by atoms with Gasteiger partial charge in [0.1, 0.15) is 5.82 Å². The predicted molar refractivity (Wildman–Crippen MR) is 60.8 cm³/mol. The van der Waals surface area contributed by atoms with Crippen LogP contribution >= 0.6 is 0 Å². The first-order valence-corrected chi connectivity index (χ1v) is 4.91. The van der Waals surface area contributed by atoms with Crippen molar-refractivity contribution in [3.05, 3.63) is 47.5 Å². The highest BCUT2D eigenvalue weighted by molar-refractivity contribution is 6.00. The van der Waals surface area contributed by atoms with Gasteiger partial charge in [-0.1, -0.05) is 5.16 Å². The highest BCUT2D eigenvalue weighted by atomic mass is 19.1. The summed E-state index contributed by atoms with van der Waals surface area (Å²) in [6, 6.07) is 4.01. The Morgan fingerprint density at radius 3 is 2.88 bits per heavy atom. The summed E-state index contributed by atoms with van der Waals surface area (Å²) < 4.78 is 14.7. The molecule has 17 heavy (non-hydrogen) atoms. The Bertz CT molecular complexity index is 577. The van der Waals surface area contributed by atoms with Gasteiger partial charge in [-0.2, -0.15) is 5.10 Å². The van der Waals surface area contributed by atoms with Crippen molar-refractivity contribution in [1.82, 2.24) is 9.78 Å². The zero-order valence-corrected chi connectivity index (χ0v) is 9.13. The maximum Gasteiger partial charge on any atom is 0.172 e. The molecule has 1 heterocycles. The van der Waals surface area contributed by atoms with E-state index in [4.69, 9.17) is 10.9 Å². The summed E-state index contributed by atoms with van der Waals surface area (Å²) >= 11 is 0. The molecule has 3 N–H and O–H groups in total. The molecule has 1 aromatic heterocycles. The van der Waals surface area contributed by atoms with Gasteiger partial charge in [0.05, 0.1) is 11.9 Å². The molecular formula is C11H11FN4O. The fourth-order valence-corrected chi connectivity index (χ4v) is 1.51. The second-order valence-corrected chi connectivity index (χ2v) is 3.61. The van der Waals surface area contributed by atoms with E-state index in [9.17, 15) is 4.39 Å². The lowest BCUT2D eigenvalue weighted by Gasteiger charge is -2.08. The van der Waals surface area contributed by atoms with E-state index in [-0.39, 0.29) is 11.4 Å². The van der Waals surface area contributed by atoms with E-state index in [1.807, 2.05) is 6.92 Å². The lowest BCUT2D eigenvalue weighted by atomic mass is 10.1. The lowest BCUT2D eigenvalue weighted by Crippen LogP contribution is -2.17. The molecule has 2 rings (SSSR count). The summed E-state index contributed by atoms with van der Waals surface area (Å²) in [6.07, 6.45) is 3.43. The Hall–Kier alpha value is -2.37. The number of rotatable bonds is 2. The minimum absolute atomic E-state index is 0.160. The largest absolute Gasteiger partial charge is 0.409 e. The molecule has 0 atom stereocenters. The Morgan fingerprint density at radius 2 is 2.29 bits per heavy atom. The molecule has 0 amide bonds. The smallest absolute Gasteiger partial charge is 0.172 e. The van der Waals surface area contributed by atoms with Gasteiger partial charge in [0, 0.05) is 11.8 Å². The quantitative estimate of drug-likeness (QED) is 0.357. The fraction of sp³-hybridized carbons (Fsp3) is 0.0909. The van der Waals surface area contributed by atoms with E-state index in [1.165, 1.54) is 18.2 Å². The molecule has 0 aliphatic carbocycles. The van der Waals surface area contributed by atoms with Crippen molar-refractivity contribution in [2.24, 2.45) is 10.9 Å². The SMILES string of the molecule is Cc1cnn(-c2ccc(F)cc2C(N)=NO)c1. The molecular weight excluding hydrogens is 223 g/mol. The predicted octanol–water partition coefficient (Wildman–Crippen LogP) is 1.41. The topological polar surface area (TPSA) is 76.4 Å². The van der Waals surface area contributed by atoms with Crippen molar-refractivity contribution < 1.29 is 9.60 Å². The van der Waals surface area contributed by atoms with Crippen LogP contribution in [0.4, 0.5) is 4.39 Å². The third kappa shape index (κ3) is 2.10. The van der Waals surface area contributed by atoms with Crippen LogP contribution in [0, 0.1) is 12.7 Å². The van der Waals surface area contributed by atoms with Crippen LogP contribution < -0.4 is 5.73 Å². The van der Waals surface area contributed by atoms with Crippen LogP contribution in [0.5, 0.6) is 0 Å². The van der Waals surface area contributed by atoms with Crippen LogP contribution in [0.3, 0.4) is 0 Å². The van der Waals surface area contributed by atoms with Crippen molar-refractivity contribution in [2.75, 3.05) is 0 Å². The molecule has 0 aliphatic heterocycles. The third-order valence-electron chi connectivity index (χ3n) is 2.30. The highest BCUT2D eigenvalue weighted by Crippen LogP contribution is 2.16. The highest BCUT2D eigenvalue weighted by Gasteiger charge is 2.11. The monoisotopic (exact) mass is 234 g/mol. The van der Waals surface area contributed by atoms with Gasteiger partial charge in [-0.3, -0.25) is 0 Å². The number of aromatic nitrogens is 2. The number of benzene rings is 1. The van der Waals surface area contributed by atoms with Crippen molar-refractivity contribution >= 4 is 5.84 Å². The zero-order chi connectivity index (χ0) is 12.4. The van der Waals surface area contributed by atoms with Gasteiger partial charge in [0.2, 0.25) is 0 Å². The number of oxime groups is 1. The van der Waals surface area contributed by atoms with Crippen molar-refractivity contribution in [2.45, 2.75) is 6.92 Å². The molecule has 0 unspecified atom stereocenters. The molecule has 88 valence electrons. The molecule has 1 aromatic carbocycles. The first-order valence-electron chi connectivity index (χ1n) is 4.91. The summed E-state index contributed by atoms with van der Waals surface area (Å²) in [7, 11) is 0. The van der Waals surface area contributed by atoms with Crippen molar-refractivity contribution in [3.8, 4) is 5.69 Å². The molecule has 2 aromatic rings. The van der Waals surface area contributed by atoms with E-state index in [0.29, 0.717) is 5.69 Å². The second kappa shape index (κ2) is 4.25. The maximum atomic E-state index is 13.1. The third-order valence-corrected chi connectivity index (χ3v) is 2.30. The molecule has 0 aliphatic rings. The van der Waals surface area contributed by atoms with Gasteiger partial charge in [-0.25, -0.2) is 9.07 Å². The van der Waals surface area contributed by atoms with Crippen molar-refractivity contribution in [3.63, 3.8) is 0 Å². The molecule has 0 bridgehead atoms. The fourth-order valence-electron chi connectivity index (χ4n) is 1.51. The van der Waals surface area contributed by atoms with E-state index < -0.39 is 5.82 Å². The van der Waals surface area contributed by atoms with Gasteiger partial charge in [0.15, 0.2) is 5.84 Å². The van der Waals surface area contributed by atoms with Crippen LogP contribution in [0.1, 0.15) is 11.1 Å². The maximum absolute atomic E-state index is 13.1. The van der Waals surface area contributed by atoms with Crippen LogP contribution in [-0.4, -0.2) is 20.8 Å². The number of halogens is 1. The number of nitrogens with zero attached hydrogens (tertiary/aromatic N) is 3. The average Bonchev–Trinajstić information content (AvgIpc) is 2.74. The molecule has 6 heteroatoms. The Labute approximate surface area is 97.0 Å². The summed E-state index contributed by atoms with van der Waals surface area (Å²) in [5.41, 5.74) is 7.30. The van der Waals surface area contributed by atoms with E-state index in [0.717, 1.165) is 5.56 Å². The van der Waals surface area contributed by atoms with Gasteiger partial charge in [-0.15, -0.1) is 0 Å². The summed E-state index contributed by atoms with van der Waals surface area (Å²) in [6.45, 7) is 1.89. The van der Waals surface area contributed by atoms with Crippen LogP contribution in [0.15, 0.2) is 35.7 Å². The van der Waals surface area contributed by atoms with E-state index in [1.54, 1.807) is 17.1 Å².